The summed E-state index contributed by atoms with van der Waals surface area (Å²) >= 11 is 0. The number of hydrogen-bond donors (Lipinski definition) is 2. The molecule has 1 fully saturated rings. The lowest BCUT2D eigenvalue weighted by molar-refractivity contribution is -0.906. The molecule has 0 spiro atoms. The highest BCUT2D eigenvalue weighted by Gasteiger charge is 2.19. The first-order valence-electron chi connectivity index (χ1n) is 8.87. The molecule has 2 aromatic rings. The standard InChI is InChI=1S/C19H26N2O2S/c1-16-9-13-21(14-10-16)12-4-11-20-24(22,23)19-8-7-17-5-2-3-6-18(17)15-19/h2-3,5-8,15-16,20H,4,9-14H2,1H3/p+1. The fourth-order valence-corrected chi connectivity index (χ4v) is 4.49. The van der Waals surface area contributed by atoms with Crippen molar-refractivity contribution in [2.24, 2.45) is 5.92 Å². The molecule has 2 aromatic carbocycles. The maximum Gasteiger partial charge on any atom is 0.240 e. The highest BCUT2D eigenvalue weighted by atomic mass is 32.2. The van der Waals surface area contributed by atoms with Gasteiger partial charge in [-0.3, -0.25) is 0 Å². The first kappa shape index (κ1) is 17.4. The van der Waals surface area contributed by atoms with Crippen LogP contribution in [0.25, 0.3) is 10.8 Å². The Morgan fingerprint density at radius 3 is 2.54 bits per heavy atom. The van der Waals surface area contributed by atoms with Gasteiger partial charge in [-0.1, -0.05) is 37.3 Å². The molecule has 0 unspecified atom stereocenters. The number of hydrogen-bond acceptors (Lipinski definition) is 2. The van der Waals surface area contributed by atoms with Gasteiger partial charge in [-0.25, -0.2) is 13.1 Å². The molecule has 0 atom stereocenters. The first-order valence-corrected chi connectivity index (χ1v) is 10.3. The molecular weight excluding hydrogens is 320 g/mol. The number of fused-ring (bicyclic) bond motifs is 1. The molecule has 0 aliphatic carbocycles. The number of rotatable bonds is 6. The number of sulfonamides is 1. The molecule has 0 bridgehead atoms. The minimum Gasteiger partial charge on any atom is -0.335 e. The Kier molecular flexibility index (Phi) is 5.54. The Labute approximate surface area is 144 Å². The predicted octanol–water partition coefficient (Wildman–Crippen LogP) is 1.82. The predicted molar refractivity (Wildman–Crippen MR) is 97.7 cm³/mol. The molecule has 4 nitrogen and oxygen atoms in total. The van der Waals surface area contributed by atoms with Crippen LogP contribution in [-0.2, 0) is 10.0 Å². The Balaban J connectivity index is 1.53. The van der Waals surface area contributed by atoms with Crippen molar-refractivity contribution in [1.29, 1.82) is 0 Å². The van der Waals surface area contributed by atoms with Gasteiger partial charge in [0.05, 0.1) is 24.5 Å². The molecule has 24 heavy (non-hydrogen) atoms. The topological polar surface area (TPSA) is 50.6 Å². The summed E-state index contributed by atoms with van der Waals surface area (Å²) in [6.07, 6.45) is 3.47. The fourth-order valence-electron chi connectivity index (χ4n) is 3.38. The van der Waals surface area contributed by atoms with Gasteiger partial charge in [0.1, 0.15) is 0 Å². The summed E-state index contributed by atoms with van der Waals surface area (Å²) in [5.74, 6) is 0.847. The van der Waals surface area contributed by atoms with Crippen molar-refractivity contribution in [2.45, 2.75) is 31.1 Å². The largest absolute Gasteiger partial charge is 0.335 e. The van der Waals surface area contributed by atoms with E-state index in [1.54, 1.807) is 17.0 Å². The zero-order valence-corrected chi connectivity index (χ0v) is 15.1. The third-order valence-corrected chi connectivity index (χ3v) is 6.47. The molecule has 130 valence electrons. The number of quaternary nitrogens is 1. The fraction of sp³-hybridized carbons (Fsp3) is 0.474. The summed E-state index contributed by atoms with van der Waals surface area (Å²) in [6, 6.07) is 13.1. The molecular formula is C19H27N2O2S+. The van der Waals surface area contributed by atoms with Gasteiger partial charge in [0.2, 0.25) is 10.0 Å². The van der Waals surface area contributed by atoms with Crippen LogP contribution in [0.15, 0.2) is 47.4 Å². The molecule has 1 aliphatic heterocycles. The van der Waals surface area contributed by atoms with E-state index in [4.69, 9.17) is 0 Å². The van der Waals surface area contributed by atoms with Crippen LogP contribution in [0.2, 0.25) is 0 Å². The van der Waals surface area contributed by atoms with Crippen molar-refractivity contribution in [3.05, 3.63) is 42.5 Å². The Morgan fingerprint density at radius 1 is 1.08 bits per heavy atom. The molecule has 1 aliphatic rings. The lowest BCUT2D eigenvalue weighted by atomic mass is 9.99. The van der Waals surface area contributed by atoms with Gasteiger partial charge < -0.3 is 4.90 Å². The zero-order valence-electron chi connectivity index (χ0n) is 14.3. The molecule has 5 heteroatoms. The van der Waals surface area contributed by atoms with Crippen LogP contribution in [0.4, 0.5) is 0 Å². The van der Waals surface area contributed by atoms with Crippen LogP contribution >= 0.6 is 0 Å². The van der Waals surface area contributed by atoms with E-state index in [1.807, 2.05) is 30.3 Å². The maximum atomic E-state index is 12.5. The Hall–Kier alpha value is -1.43. The summed E-state index contributed by atoms with van der Waals surface area (Å²) in [5.41, 5.74) is 0. The summed E-state index contributed by atoms with van der Waals surface area (Å²) in [6.45, 7) is 6.31. The van der Waals surface area contributed by atoms with Crippen LogP contribution in [-0.4, -0.2) is 34.6 Å². The van der Waals surface area contributed by atoms with Crippen LogP contribution in [0.1, 0.15) is 26.2 Å². The highest BCUT2D eigenvalue weighted by molar-refractivity contribution is 7.89. The van der Waals surface area contributed by atoms with Crippen LogP contribution in [0.3, 0.4) is 0 Å². The molecule has 1 saturated heterocycles. The smallest absolute Gasteiger partial charge is 0.240 e. The number of nitrogens with one attached hydrogen (secondary N) is 2. The average Bonchev–Trinajstić information content (AvgIpc) is 2.60. The second kappa shape index (κ2) is 7.64. The molecule has 0 aromatic heterocycles. The summed E-state index contributed by atoms with van der Waals surface area (Å²) in [5, 5.41) is 2.01. The zero-order chi connectivity index (χ0) is 17.0. The third-order valence-electron chi connectivity index (χ3n) is 5.01. The Morgan fingerprint density at radius 2 is 1.79 bits per heavy atom. The van der Waals surface area contributed by atoms with E-state index < -0.39 is 10.0 Å². The quantitative estimate of drug-likeness (QED) is 0.783. The lowest BCUT2D eigenvalue weighted by Gasteiger charge is -2.27. The van der Waals surface area contributed by atoms with Crippen LogP contribution in [0.5, 0.6) is 0 Å². The lowest BCUT2D eigenvalue weighted by Crippen LogP contribution is -3.13. The van der Waals surface area contributed by atoms with Crippen molar-refractivity contribution in [2.75, 3.05) is 26.2 Å². The van der Waals surface area contributed by atoms with E-state index in [1.165, 1.54) is 25.9 Å². The van der Waals surface area contributed by atoms with Gasteiger partial charge in [-0.05, 0) is 41.7 Å². The average molecular weight is 348 g/mol. The second-order valence-corrected chi connectivity index (χ2v) is 8.71. The number of piperidine rings is 1. The summed E-state index contributed by atoms with van der Waals surface area (Å²) in [7, 11) is -3.42. The highest BCUT2D eigenvalue weighted by Crippen LogP contribution is 2.18. The normalized spacial score (nSPS) is 21.9. The van der Waals surface area contributed by atoms with E-state index in [0.717, 1.165) is 29.7 Å². The van der Waals surface area contributed by atoms with Crippen molar-refractivity contribution in [3.8, 4) is 0 Å². The van der Waals surface area contributed by atoms with Crippen molar-refractivity contribution >= 4 is 20.8 Å². The van der Waals surface area contributed by atoms with E-state index in [-0.39, 0.29) is 0 Å². The SMILES string of the molecule is CC1CC[NH+](CCCNS(=O)(=O)c2ccc3ccccc3c2)CC1. The number of likely N-dealkylation sites (tertiary alicyclic amines) is 1. The summed E-state index contributed by atoms with van der Waals surface area (Å²) < 4.78 is 27.7. The third kappa shape index (κ3) is 4.35. The van der Waals surface area contributed by atoms with E-state index in [0.29, 0.717) is 11.4 Å². The van der Waals surface area contributed by atoms with Crippen LogP contribution < -0.4 is 9.62 Å². The first-order chi connectivity index (χ1) is 11.5. The van der Waals surface area contributed by atoms with Gasteiger partial charge in [0, 0.05) is 13.0 Å². The van der Waals surface area contributed by atoms with Gasteiger partial charge in [0.25, 0.3) is 0 Å². The van der Waals surface area contributed by atoms with Gasteiger partial charge in [0.15, 0.2) is 0 Å². The molecule has 1 heterocycles. The van der Waals surface area contributed by atoms with E-state index in [9.17, 15) is 8.42 Å². The van der Waals surface area contributed by atoms with Crippen molar-refractivity contribution < 1.29 is 13.3 Å². The van der Waals surface area contributed by atoms with Gasteiger partial charge in [-0.2, -0.15) is 0 Å². The molecule has 0 amide bonds. The van der Waals surface area contributed by atoms with E-state index >= 15 is 0 Å². The van der Waals surface area contributed by atoms with Gasteiger partial charge >= 0.3 is 0 Å². The van der Waals surface area contributed by atoms with Crippen molar-refractivity contribution in [1.82, 2.24) is 4.72 Å². The minimum absolute atomic E-state index is 0.348. The minimum atomic E-state index is -3.42. The van der Waals surface area contributed by atoms with Crippen molar-refractivity contribution in [3.63, 3.8) is 0 Å². The summed E-state index contributed by atoms with van der Waals surface area (Å²) in [4.78, 5) is 1.96. The van der Waals surface area contributed by atoms with E-state index in [2.05, 4.69) is 11.6 Å². The Bertz CT molecular complexity index is 781. The molecule has 3 rings (SSSR count). The van der Waals surface area contributed by atoms with Crippen LogP contribution in [0, 0.1) is 5.92 Å². The number of benzene rings is 2. The molecule has 2 N–H and O–H groups in total. The monoisotopic (exact) mass is 347 g/mol. The second-order valence-electron chi connectivity index (χ2n) is 6.94. The van der Waals surface area contributed by atoms with Gasteiger partial charge in [-0.15, -0.1) is 0 Å². The molecule has 0 radical (unpaired) electrons. The maximum absolute atomic E-state index is 12.5. The molecule has 0 saturated carbocycles.